The van der Waals surface area contributed by atoms with Crippen molar-refractivity contribution in [3.05, 3.63) is 17.8 Å². The topological polar surface area (TPSA) is 72.6 Å². The molecule has 82 valence electrons. The van der Waals surface area contributed by atoms with E-state index in [0.717, 1.165) is 25.9 Å². The zero-order valence-electron chi connectivity index (χ0n) is 8.31. The summed E-state index contributed by atoms with van der Waals surface area (Å²) in [7, 11) is 0. The van der Waals surface area contributed by atoms with E-state index < -0.39 is 5.97 Å². The third-order valence-corrected chi connectivity index (χ3v) is 2.37. The summed E-state index contributed by atoms with van der Waals surface area (Å²) in [6.45, 7) is 0.736. The average molecular weight is 211 g/mol. The first-order chi connectivity index (χ1) is 7.25. The number of hydrogen-bond donors (Lipinski definition) is 1. The van der Waals surface area contributed by atoms with Crippen LogP contribution >= 0.6 is 0 Å². The standard InChI is InChI=1S/C10H13NO4/c12-10(13)5-9-11-6-8(15-9)7-3-1-2-4-14-7/h6-7H,1-5H2,(H,12,13). The van der Waals surface area contributed by atoms with Crippen molar-refractivity contribution in [2.24, 2.45) is 0 Å². The smallest absolute Gasteiger partial charge is 0.312 e. The minimum Gasteiger partial charge on any atom is -0.481 e. The second-order valence-electron chi connectivity index (χ2n) is 3.58. The predicted octanol–water partition coefficient (Wildman–Crippen LogP) is 1.54. The van der Waals surface area contributed by atoms with Crippen molar-refractivity contribution >= 4 is 5.97 Å². The van der Waals surface area contributed by atoms with Gasteiger partial charge in [0.1, 0.15) is 12.5 Å². The second-order valence-corrected chi connectivity index (χ2v) is 3.58. The van der Waals surface area contributed by atoms with Gasteiger partial charge < -0.3 is 14.3 Å². The van der Waals surface area contributed by atoms with Gasteiger partial charge in [0.2, 0.25) is 5.89 Å². The summed E-state index contributed by atoms with van der Waals surface area (Å²) in [5, 5.41) is 8.56. The number of carboxylic acids is 1. The Bertz CT molecular complexity index is 341. The number of nitrogens with zero attached hydrogens (tertiary/aromatic N) is 1. The number of carbonyl (C=O) groups is 1. The lowest BCUT2D eigenvalue weighted by atomic mass is 10.1. The van der Waals surface area contributed by atoms with Gasteiger partial charge in [-0.2, -0.15) is 0 Å². The molecule has 5 heteroatoms. The van der Waals surface area contributed by atoms with Crippen LogP contribution in [0.4, 0.5) is 0 Å². The molecule has 1 unspecified atom stereocenters. The maximum Gasteiger partial charge on any atom is 0.312 e. The molecular weight excluding hydrogens is 198 g/mol. The zero-order valence-corrected chi connectivity index (χ0v) is 8.31. The van der Waals surface area contributed by atoms with Crippen molar-refractivity contribution in [1.82, 2.24) is 4.98 Å². The Morgan fingerprint density at radius 1 is 1.60 bits per heavy atom. The Balaban J connectivity index is 2.02. The van der Waals surface area contributed by atoms with E-state index in [1.54, 1.807) is 6.20 Å². The lowest BCUT2D eigenvalue weighted by Gasteiger charge is -2.19. The molecule has 0 spiro atoms. The van der Waals surface area contributed by atoms with Crippen LogP contribution in [0.15, 0.2) is 10.6 Å². The van der Waals surface area contributed by atoms with Crippen molar-refractivity contribution in [3.8, 4) is 0 Å². The Hall–Kier alpha value is -1.36. The summed E-state index contributed by atoms with van der Waals surface area (Å²) < 4.78 is 10.8. The molecule has 1 saturated heterocycles. The number of oxazole rings is 1. The van der Waals surface area contributed by atoms with Crippen molar-refractivity contribution in [1.29, 1.82) is 0 Å². The third-order valence-electron chi connectivity index (χ3n) is 2.37. The van der Waals surface area contributed by atoms with Crippen molar-refractivity contribution in [2.45, 2.75) is 31.8 Å². The number of aromatic nitrogens is 1. The number of carboxylic acid groups (broad SMARTS) is 1. The normalized spacial score (nSPS) is 21.5. The minimum absolute atomic E-state index is 0.0474. The molecule has 5 nitrogen and oxygen atoms in total. The molecule has 0 radical (unpaired) electrons. The van der Waals surface area contributed by atoms with Crippen LogP contribution < -0.4 is 0 Å². The van der Waals surface area contributed by atoms with Crippen LogP contribution in [0.2, 0.25) is 0 Å². The first-order valence-corrected chi connectivity index (χ1v) is 5.03. The van der Waals surface area contributed by atoms with Gasteiger partial charge >= 0.3 is 5.97 Å². The zero-order chi connectivity index (χ0) is 10.7. The summed E-state index contributed by atoms with van der Waals surface area (Å²) in [5.74, 6) is -0.0504. The van der Waals surface area contributed by atoms with Crippen molar-refractivity contribution in [3.63, 3.8) is 0 Å². The number of ether oxygens (including phenoxy) is 1. The largest absolute Gasteiger partial charge is 0.481 e. The van der Waals surface area contributed by atoms with Gasteiger partial charge in [0.15, 0.2) is 5.76 Å². The Morgan fingerprint density at radius 3 is 3.13 bits per heavy atom. The fourth-order valence-corrected chi connectivity index (χ4v) is 1.65. The van der Waals surface area contributed by atoms with Crippen molar-refractivity contribution in [2.75, 3.05) is 6.61 Å². The maximum absolute atomic E-state index is 10.4. The molecule has 1 aliphatic heterocycles. The van der Waals surface area contributed by atoms with Gasteiger partial charge in [-0.05, 0) is 19.3 Å². The molecule has 1 N–H and O–H groups in total. The average Bonchev–Trinajstić information content (AvgIpc) is 2.67. The molecule has 1 aromatic heterocycles. The third kappa shape index (κ3) is 2.56. The Morgan fingerprint density at radius 2 is 2.47 bits per heavy atom. The molecule has 0 aromatic carbocycles. The first-order valence-electron chi connectivity index (χ1n) is 5.03. The molecular formula is C10H13NO4. The number of rotatable bonds is 3. The van der Waals surface area contributed by atoms with E-state index in [-0.39, 0.29) is 18.4 Å². The highest BCUT2D eigenvalue weighted by Crippen LogP contribution is 2.28. The highest BCUT2D eigenvalue weighted by atomic mass is 16.5. The van der Waals surface area contributed by atoms with Crippen LogP contribution in [0.1, 0.15) is 37.0 Å². The van der Waals surface area contributed by atoms with Gasteiger partial charge in [0.05, 0.1) is 6.20 Å². The summed E-state index contributed by atoms with van der Waals surface area (Å²) >= 11 is 0. The molecule has 1 aliphatic rings. The Kier molecular flexibility index (Phi) is 3.01. The molecule has 2 heterocycles. The lowest BCUT2D eigenvalue weighted by molar-refractivity contribution is -0.136. The second kappa shape index (κ2) is 4.44. The molecule has 1 atom stereocenters. The molecule has 0 bridgehead atoms. The fourth-order valence-electron chi connectivity index (χ4n) is 1.65. The van der Waals surface area contributed by atoms with Gasteiger partial charge in [-0.3, -0.25) is 4.79 Å². The van der Waals surface area contributed by atoms with Gasteiger partial charge in [0, 0.05) is 6.61 Å². The van der Waals surface area contributed by atoms with Gasteiger partial charge in [-0.15, -0.1) is 0 Å². The van der Waals surface area contributed by atoms with E-state index in [4.69, 9.17) is 14.3 Å². The van der Waals surface area contributed by atoms with E-state index in [1.807, 2.05) is 0 Å². The van der Waals surface area contributed by atoms with Gasteiger partial charge in [-0.1, -0.05) is 0 Å². The van der Waals surface area contributed by atoms with Gasteiger partial charge in [0.25, 0.3) is 0 Å². The van der Waals surface area contributed by atoms with Crippen LogP contribution in [0.3, 0.4) is 0 Å². The molecule has 0 amide bonds. The first kappa shape index (κ1) is 10.2. The van der Waals surface area contributed by atoms with E-state index in [9.17, 15) is 4.79 Å². The minimum atomic E-state index is -0.937. The summed E-state index contributed by atoms with van der Waals surface area (Å²) in [4.78, 5) is 14.3. The van der Waals surface area contributed by atoms with Crippen LogP contribution in [-0.4, -0.2) is 22.7 Å². The monoisotopic (exact) mass is 211 g/mol. The summed E-state index contributed by atoms with van der Waals surface area (Å²) in [5.41, 5.74) is 0. The highest BCUT2D eigenvalue weighted by molar-refractivity contribution is 5.68. The van der Waals surface area contributed by atoms with E-state index >= 15 is 0 Å². The summed E-state index contributed by atoms with van der Waals surface area (Å²) in [6.07, 6.45) is 4.45. The van der Waals surface area contributed by atoms with Crippen LogP contribution in [0.5, 0.6) is 0 Å². The van der Waals surface area contributed by atoms with Crippen LogP contribution in [0, 0.1) is 0 Å². The Labute approximate surface area is 87.1 Å². The molecule has 0 aliphatic carbocycles. The summed E-state index contributed by atoms with van der Waals surface area (Å²) in [6, 6.07) is 0. The molecule has 1 fully saturated rings. The maximum atomic E-state index is 10.4. The van der Waals surface area contributed by atoms with Crippen LogP contribution in [-0.2, 0) is 16.0 Å². The van der Waals surface area contributed by atoms with E-state index in [2.05, 4.69) is 4.98 Å². The highest BCUT2D eigenvalue weighted by Gasteiger charge is 2.20. The number of aliphatic carboxylic acids is 1. The molecule has 1 aromatic rings. The van der Waals surface area contributed by atoms with E-state index in [1.165, 1.54) is 0 Å². The van der Waals surface area contributed by atoms with E-state index in [0.29, 0.717) is 5.76 Å². The molecule has 0 saturated carbocycles. The predicted molar refractivity (Wildman–Crippen MR) is 50.4 cm³/mol. The fraction of sp³-hybridized carbons (Fsp3) is 0.600. The van der Waals surface area contributed by atoms with Crippen molar-refractivity contribution < 1.29 is 19.1 Å². The number of hydrogen-bond acceptors (Lipinski definition) is 4. The van der Waals surface area contributed by atoms with Gasteiger partial charge in [-0.25, -0.2) is 4.98 Å². The SMILES string of the molecule is O=C(O)Cc1ncc(C2CCCCO2)o1. The molecule has 15 heavy (non-hydrogen) atoms. The molecule has 2 rings (SSSR count). The lowest BCUT2D eigenvalue weighted by Crippen LogP contribution is -2.10. The van der Waals surface area contributed by atoms with Crippen LogP contribution in [0.25, 0.3) is 0 Å². The quantitative estimate of drug-likeness (QED) is 0.821.